The Morgan fingerprint density at radius 1 is 1.09 bits per heavy atom. The first kappa shape index (κ1) is 17.3. The van der Waals surface area contributed by atoms with Gasteiger partial charge in [-0.25, -0.2) is 0 Å². The summed E-state index contributed by atoms with van der Waals surface area (Å²) in [6, 6.07) is 6.39. The Bertz CT molecular complexity index is 590. The van der Waals surface area contributed by atoms with Crippen molar-refractivity contribution < 1.29 is 0 Å². The summed E-state index contributed by atoms with van der Waals surface area (Å²) >= 11 is 0. The van der Waals surface area contributed by atoms with E-state index in [0.29, 0.717) is 6.54 Å². The SMILES string of the molecule is CCCCN1C(=N)[C@]2(C#N)[C@@H](CCC)[C@@H](CC)[C@H]1C2(C#N)C#N. The standard InChI is InChI=1S/C18H25N5/c1-4-7-9-23-15-13(6-3)14(8-5-2)18(12-21,16(23)22)17(15,10-19)11-20/h13-15,22H,4-9H2,1-3H3/t13-,14+,15+,18+/m1/s1. The molecule has 1 N–H and O–H groups in total. The van der Waals surface area contributed by atoms with Gasteiger partial charge in [-0.05, 0) is 24.7 Å². The van der Waals surface area contributed by atoms with Gasteiger partial charge in [-0.2, -0.15) is 15.8 Å². The van der Waals surface area contributed by atoms with E-state index in [1.165, 1.54) is 0 Å². The normalized spacial score (nSPS) is 34.0. The van der Waals surface area contributed by atoms with E-state index in [2.05, 4.69) is 39.0 Å². The lowest BCUT2D eigenvalue weighted by Crippen LogP contribution is -2.50. The number of likely N-dealkylation sites (tertiary alicyclic amines) is 1. The van der Waals surface area contributed by atoms with E-state index in [9.17, 15) is 15.8 Å². The summed E-state index contributed by atoms with van der Waals surface area (Å²) in [5.74, 6) is 0.265. The first-order chi connectivity index (χ1) is 11.1. The third kappa shape index (κ3) is 1.85. The van der Waals surface area contributed by atoms with E-state index in [1.54, 1.807) is 0 Å². The van der Waals surface area contributed by atoms with Gasteiger partial charge in [-0.3, -0.25) is 5.41 Å². The minimum atomic E-state index is -1.41. The van der Waals surface area contributed by atoms with Crippen LogP contribution in [0.5, 0.6) is 0 Å². The number of hydrogen-bond acceptors (Lipinski definition) is 4. The van der Waals surface area contributed by atoms with Crippen molar-refractivity contribution in [3.05, 3.63) is 0 Å². The fourth-order valence-corrected chi connectivity index (χ4v) is 4.97. The van der Waals surface area contributed by atoms with Crippen LogP contribution in [0.1, 0.15) is 52.9 Å². The molecule has 4 atom stereocenters. The molecule has 2 aliphatic rings. The lowest BCUT2D eigenvalue weighted by Gasteiger charge is -2.41. The second kappa shape index (κ2) is 6.21. The molecule has 0 amide bonds. The highest BCUT2D eigenvalue weighted by molar-refractivity contribution is 5.95. The Morgan fingerprint density at radius 3 is 2.17 bits per heavy atom. The maximum Gasteiger partial charge on any atom is 0.189 e. The molecule has 1 saturated heterocycles. The van der Waals surface area contributed by atoms with Crippen molar-refractivity contribution in [2.45, 2.75) is 58.9 Å². The van der Waals surface area contributed by atoms with Crippen LogP contribution in [0.25, 0.3) is 0 Å². The molecular formula is C18H25N5. The Labute approximate surface area is 139 Å². The molecule has 0 aromatic rings. The molecule has 23 heavy (non-hydrogen) atoms. The van der Waals surface area contributed by atoms with E-state index >= 15 is 0 Å². The third-order valence-corrected chi connectivity index (χ3v) is 5.89. The minimum absolute atomic E-state index is 0.0721. The van der Waals surface area contributed by atoms with Gasteiger partial charge in [0.15, 0.2) is 10.8 Å². The van der Waals surface area contributed by atoms with Crippen LogP contribution >= 0.6 is 0 Å². The van der Waals surface area contributed by atoms with Crippen molar-refractivity contribution in [3.8, 4) is 18.2 Å². The number of unbranched alkanes of at least 4 members (excludes halogenated alkanes) is 1. The van der Waals surface area contributed by atoms with Crippen LogP contribution in [0, 0.1) is 62.1 Å². The van der Waals surface area contributed by atoms with Crippen LogP contribution < -0.4 is 0 Å². The predicted octanol–water partition coefficient (Wildman–Crippen LogP) is 3.45. The van der Waals surface area contributed by atoms with Gasteiger partial charge in [-0.1, -0.05) is 40.0 Å². The smallest absolute Gasteiger partial charge is 0.189 e. The van der Waals surface area contributed by atoms with Crippen molar-refractivity contribution in [1.29, 1.82) is 21.2 Å². The molecule has 0 spiro atoms. The van der Waals surface area contributed by atoms with Gasteiger partial charge >= 0.3 is 0 Å². The number of hydrogen-bond donors (Lipinski definition) is 1. The van der Waals surface area contributed by atoms with E-state index in [0.717, 1.165) is 32.1 Å². The van der Waals surface area contributed by atoms with Crippen LogP contribution in [0.4, 0.5) is 0 Å². The fourth-order valence-electron chi connectivity index (χ4n) is 4.97. The molecule has 1 aliphatic carbocycles. The van der Waals surface area contributed by atoms with Crippen LogP contribution in [0.2, 0.25) is 0 Å². The van der Waals surface area contributed by atoms with Crippen molar-refractivity contribution in [1.82, 2.24) is 4.90 Å². The molecular weight excluding hydrogens is 286 g/mol. The van der Waals surface area contributed by atoms with Crippen molar-refractivity contribution in [2.24, 2.45) is 22.7 Å². The fraction of sp³-hybridized carbons (Fsp3) is 0.778. The monoisotopic (exact) mass is 311 g/mol. The Balaban J connectivity index is 2.66. The Hall–Kier alpha value is -2.06. The molecule has 0 aromatic heterocycles. The quantitative estimate of drug-likeness (QED) is 0.812. The maximum absolute atomic E-state index is 10.0. The highest BCUT2D eigenvalue weighted by Gasteiger charge is 2.79. The van der Waals surface area contributed by atoms with E-state index in [-0.39, 0.29) is 23.7 Å². The molecule has 1 heterocycles. The highest BCUT2D eigenvalue weighted by atomic mass is 15.3. The topological polar surface area (TPSA) is 98.5 Å². The summed E-state index contributed by atoms with van der Waals surface area (Å²) in [7, 11) is 0. The van der Waals surface area contributed by atoms with Gasteiger partial charge in [0.05, 0.1) is 24.2 Å². The lowest BCUT2D eigenvalue weighted by atomic mass is 9.63. The molecule has 1 saturated carbocycles. The highest BCUT2D eigenvalue weighted by Crippen LogP contribution is 2.67. The van der Waals surface area contributed by atoms with E-state index in [4.69, 9.17) is 5.41 Å². The van der Waals surface area contributed by atoms with Crippen LogP contribution in [-0.2, 0) is 0 Å². The summed E-state index contributed by atoms with van der Waals surface area (Å²) < 4.78 is 0. The van der Waals surface area contributed by atoms with Crippen molar-refractivity contribution in [2.75, 3.05) is 6.54 Å². The zero-order valence-corrected chi connectivity index (χ0v) is 14.3. The van der Waals surface area contributed by atoms with E-state index in [1.807, 2.05) is 4.90 Å². The van der Waals surface area contributed by atoms with E-state index < -0.39 is 10.8 Å². The number of nitrogens with zero attached hydrogens (tertiary/aromatic N) is 4. The van der Waals surface area contributed by atoms with Crippen LogP contribution in [0.15, 0.2) is 0 Å². The predicted molar refractivity (Wildman–Crippen MR) is 87.0 cm³/mol. The molecule has 2 fully saturated rings. The molecule has 122 valence electrons. The number of rotatable bonds is 6. The third-order valence-electron chi connectivity index (χ3n) is 5.89. The van der Waals surface area contributed by atoms with Crippen LogP contribution in [-0.4, -0.2) is 23.3 Å². The second-order valence-electron chi connectivity index (χ2n) is 6.76. The zero-order chi connectivity index (χ0) is 17.3. The summed E-state index contributed by atoms with van der Waals surface area (Å²) in [5.41, 5.74) is -2.68. The minimum Gasteiger partial charge on any atom is -0.353 e. The molecule has 5 nitrogen and oxygen atoms in total. The molecule has 5 heteroatoms. The molecule has 0 aromatic carbocycles. The second-order valence-corrected chi connectivity index (χ2v) is 6.76. The number of amidine groups is 1. The van der Waals surface area contributed by atoms with Crippen molar-refractivity contribution >= 4 is 5.84 Å². The van der Waals surface area contributed by atoms with Gasteiger partial charge in [0.2, 0.25) is 0 Å². The average Bonchev–Trinajstić information content (AvgIpc) is 2.93. The average molecular weight is 311 g/mol. The number of fused-ring (bicyclic) bond motifs is 2. The van der Waals surface area contributed by atoms with Gasteiger partial charge < -0.3 is 4.90 Å². The van der Waals surface area contributed by atoms with Crippen LogP contribution in [0.3, 0.4) is 0 Å². The van der Waals surface area contributed by atoms with Gasteiger partial charge in [0.25, 0.3) is 0 Å². The lowest BCUT2D eigenvalue weighted by molar-refractivity contribution is 0.166. The molecule has 0 radical (unpaired) electrons. The van der Waals surface area contributed by atoms with Crippen molar-refractivity contribution in [3.63, 3.8) is 0 Å². The summed E-state index contributed by atoms with van der Waals surface area (Å²) in [6.45, 7) is 6.86. The van der Waals surface area contributed by atoms with Gasteiger partial charge in [-0.15, -0.1) is 0 Å². The summed E-state index contributed by atoms with van der Waals surface area (Å²) in [5, 5.41) is 38.5. The summed E-state index contributed by atoms with van der Waals surface area (Å²) in [6.07, 6.45) is 4.41. The molecule has 0 unspecified atom stereocenters. The first-order valence-corrected chi connectivity index (χ1v) is 8.65. The largest absolute Gasteiger partial charge is 0.353 e. The maximum atomic E-state index is 10.0. The molecule has 2 rings (SSSR count). The van der Waals surface area contributed by atoms with Gasteiger partial charge in [0, 0.05) is 6.54 Å². The van der Waals surface area contributed by atoms with Gasteiger partial charge in [0.1, 0.15) is 5.84 Å². The Kier molecular flexibility index (Phi) is 4.67. The first-order valence-electron chi connectivity index (χ1n) is 8.65. The molecule has 2 bridgehead atoms. The number of nitriles is 3. The number of nitrogens with one attached hydrogen (secondary N) is 1. The number of piperidine rings is 1. The summed E-state index contributed by atoms with van der Waals surface area (Å²) in [4.78, 5) is 1.90. The zero-order valence-electron chi connectivity index (χ0n) is 14.3. The Morgan fingerprint density at radius 2 is 1.74 bits per heavy atom. The molecule has 1 aliphatic heterocycles.